The molecule has 204 valence electrons. The van der Waals surface area contributed by atoms with Crippen molar-refractivity contribution in [2.75, 3.05) is 11.6 Å². The fourth-order valence-electron chi connectivity index (χ4n) is 3.78. The van der Waals surface area contributed by atoms with Crippen molar-refractivity contribution in [3.05, 3.63) is 76.0 Å². The number of hydrogen-bond donors (Lipinski definition) is 1. The Morgan fingerprint density at radius 2 is 1.77 bits per heavy atom. The molecule has 0 saturated heterocycles. The van der Waals surface area contributed by atoms with E-state index in [-0.39, 0.29) is 32.9 Å². The molecule has 0 aliphatic heterocycles. The second-order valence-electron chi connectivity index (χ2n) is 8.62. The van der Waals surface area contributed by atoms with Crippen LogP contribution >= 0.6 is 11.6 Å². The number of nitrogens with zero attached hydrogens (tertiary/aromatic N) is 6. The van der Waals surface area contributed by atoms with Gasteiger partial charge in [0.15, 0.2) is 5.82 Å². The third kappa shape index (κ3) is 5.76. The van der Waals surface area contributed by atoms with Crippen LogP contribution in [0.1, 0.15) is 52.4 Å². The first kappa shape index (κ1) is 28.1. The first-order valence-corrected chi connectivity index (χ1v) is 13.5. The number of anilines is 1. The number of carbonyl (C=O) groups is 1. The molecule has 0 radical (unpaired) electrons. The Morgan fingerprint density at radius 1 is 1.05 bits per heavy atom. The fraction of sp³-hybridized carbons (Fsp3) is 0.250. The lowest BCUT2D eigenvalue weighted by molar-refractivity contribution is 0.102. The van der Waals surface area contributed by atoms with E-state index in [1.165, 1.54) is 30.2 Å². The molecule has 10 nitrogen and oxygen atoms in total. The number of carbonyl (C=O) groups excluding carboxylic acids is 1. The Bertz CT molecular complexity index is 1700. The molecule has 0 aliphatic rings. The van der Waals surface area contributed by atoms with Crippen LogP contribution in [0.4, 0.5) is 18.9 Å². The maximum absolute atomic E-state index is 14.7. The van der Waals surface area contributed by atoms with Gasteiger partial charge in [-0.1, -0.05) is 17.7 Å². The van der Waals surface area contributed by atoms with Crippen LogP contribution in [0.3, 0.4) is 0 Å². The minimum absolute atomic E-state index is 0.178. The van der Waals surface area contributed by atoms with Crippen LogP contribution in [0.5, 0.6) is 0 Å². The second-order valence-corrected chi connectivity index (χ2v) is 10.9. The van der Waals surface area contributed by atoms with Crippen LogP contribution in [0.15, 0.2) is 42.1 Å². The van der Waals surface area contributed by atoms with Crippen molar-refractivity contribution in [1.82, 2.24) is 29.7 Å². The van der Waals surface area contributed by atoms with Crippen molar-refractivity contribution >= 4 is 33.0 Å². The van der Waals surface area contributed by atoms with Crippen molar-refractivity contribution in [2.24, 2.45) is 0 Å². The molecule has 1 amide bonds. The van der Waals surface area contributed by atoms with Crippen molar-refractivity contribution in [1.29, 1.82) is 0 Å². The number of alkyl halides is 2. The van der Waals surface area contributed by atoms with Gasteiger partial charge >= 0.3 is 0 Å². The van der Waals surface area contributed by atoms with Crippen molar-refractivity contribution in [2.45, 2.75) is 38.4 Å². The molecule has 1 N–H and O–H groups in total. The normalized spacial score (nSPS) is 12.5. The smallest absolute Gasteiger partial charge is 0.276 e. The van der Waals surface area contributed by atoms with Gasteiger partial charge in [-0.15, -0.1) is 0 Å². The van der Waals surface area contributed by atoms with Gasteiger partial charge in [0.1, 0.15) is 5.69 Å². The highest BCUT2D eigenvalue weighted by Crippen LogP contribution is 2.35. The number of rotatable bonds is 7. The second kappa shape index (κ2) is 10.7. The molecule has 0 fully saturated rings. The SMILES string of the molecule is Cc1nc(S(C)(=O)=O)ncc1C(C)n1cc(NC(=O)c2nc(-c3c(C(F)F)ccc(Cl)c3F)cnc2C)cn1. The molecule has 3 heterocycles. The molecular formula is C24H21ClF3N7O3S. The molecule has 0 saturated carbocycles. The Kier molecular flexibility index (Phi) is 7.70. The van der Waals surface area contributed by atoms with Gasteiger partial charge in [0.25, 0.3) is 12.3 Å². The number of halogens is 4. The van der Waals surface area contributed by atoms with Gasteiger partial charge in [-0.2, -0.15) is 5.10 Å². The topological polar surface area (TPSA) is 133 Å². The molecule has 1 aromatic carbocycles. The molecule has 1 unspecified atom stereocenters. The summed E-state index contributed by atoms with van der Waals surface area (Å²) in [5, 5.41) is 6.17. The molecule has 0 spiro atoms. The van der Waals surface area contributed by atoms with Gasteiger partial charge in [0.2, 0.25) is 15.0 Å². The van der Waals surface area contributed by atoms with Gasteiger partial charge in [0.05, 0.1) is 40.5 Å². The predicted octanol–water partition coefficient (Wildman–Crippen LogP) is 4.74. The molecule has 4 aromatic rings. The van der Waals surface area contributed by atoms with Crippen LogP contribution in [-0.4, -0.2) is 50.3 Å². The minimum Gasteiger partial charge on any atom is -0.318 e. The van der Waals surface area contributed by atoms with Gasteiger partial charge in [-0.25, -0.2) is 36.5 Å². The predicted molar refractivity (Wildman–Crippen MR) is 136 cm³/mol. The van der Waals surface area contributed by atoms with E-state index in [2.05, 4.69) is 30.4 Å². The maximum Gasteiger partial charge on any atom is 0.276 e. The van der Waals surface area contributed by atoms with E-state index in [0.29, 0.717) is 11.3 Å². The molecule has 39 heavy (non-hydrogen) atoms. The summed E-state index contributed by atoms with van der Waals surface area (Å²) in [7, 11) is -3.57. The number of aryl methyl sites for hydroxylation is 2. The average Bonchev–Trinajstić information content (AvgIpc) is 3.33. The number of amides is 1. The van der Waals surface area contributed by atoms with E-state index in [1.54, 1.807) is 13.8 Å². The van der Waals surface area contributed by atoms with E-state index < -0.39 is 45.2 Å². The first-order chi connectivity index (χ1) is 18.3. The van der Waals surface area contributed by atoms with E-state index in [1.807, 2.05) is 0 Å². The monoisotopic (exact) mass is 579 g/mol. The summed E-state index contributed by atoms with van der Waals surface area (Å²) in [5.74, 6) is -1.83. The van der Waals surface area contributed by atoms with Crippen LogP contribution in [0.2, 0.25) is 5.02 Å². The van der Waals surface area contributed by atoms with Crippen LogP contribution in [0, 0.1) is 19.7 Å². The van der Waals surface area contributed by atoms with Gasteiger partial charge in [-0.05, 0) is 26.8 Å². The van der Waals surface area contributed by atoms with Crippen LogP contribution in [0.25, 0.3) is 11.3 Å². The van der Waals surface area contributed by atoms with Crippen LogP contribution in [-0.2, 0) is 9.84 Å². The number of aromatic nitrogens is 6. The van der Waals surface area contributed by atoms with Crippen molar-refractivity contribution in [3.8, 4) is 11.3 Å². The molecule has 3 aromatic heterocycles. The summed E-state index contributed by atoms with van der Waals surface area (Å²) in [4.78, 5) is 29.1. The molecule has 4 rings (SSSR count). The first-order valence-electron chi connectivity index (χ1n) is 11.3. The third-order valence-electron chi connectivity index (χ3n) is 5.82. The molecular weight excluding hydrogens is 559 g/mol. The summed E-state index contributed by atoms with van der Waals surface area (Å²) < 4.78 is 66.8. The van der Waals surface area contributed by atoms with E-state index in [9.17, 15) is 26.4 Å². The Labute approximate surface area is 226 Å². The zero-order valence-corrected chi connectivity index (χ0v) is 22.5. The highest BCUT2D eigenvalue weighted by Gasteiger charge is 2.24. The Balaban J connectivity index is 1.60. The summed E-state index contributed by atoms with van der Waals surface area (Å²) in [6.07, 6.45) is 3.37. The third-order valence-corrected chi connectivity index (χ3v) is 6.97. The quantitative estimate of drug-likeness (QED) is 0.310. The Morgan fingerprint density at radius 3 is 2.41 bits per heavy atom. The maximum atomic E-state index is 14.7. The zero-order valence-electron chi connectivity index (χ0n) is 20.9. The summed E-state index contributed by atoms with van der Waals surface area (Å²) in [6, 6.07) is 1.58. The number of nitrogens with one attached hydrogen (secondary N) is 1. The van der Waals surface area contributed by atoms with Crippen LogP contribution < -0.4 is 5.32 Å². The number of benzene rings is 1. The lowest BCUT2D eigenvalue weighted by Gasteiger charge is -2.14. The van der Waals surface area contributed by atoms with Crippen molar-refractivity contribution < 1.29 is 26.4 Å². The largest absolute Gasteiger partial charge is 0.318 e. The Hall–Kier alpha value is -3.91. The van der Waals surface area contributed by atoms with E-state index in [0.717, 1.165) is 24.6 Å². The van der Waals surface area contributed by atoms with Gasteiger partial charge in [-0.3, -0.25) is 14.5 Å². The average molecular weight is 580 g/mol. The minimum atomic E-state index is -3.57. The lowest BCUT2D eigenvalue weighted by Crippen LogP contribution is -2.17. The molecule has 15 heteroatoms. The van der Waals surface area contributed by atoms with E-state index in [4.69, 9.17) is 11.6 Å². The summed E-state index contributed by atoms with van der Waals surface area (Å²) in [6.45, 7) is 4.91. The molecule has 0 aliphatic carbocycles. The lowest BCUT2D eigenvalue weighted by atomic mass is 10.0. The highest BCUT2D eigenvalue weighted by atomic mass is 35.5. The molecule has 1 atom stereocenters. The molecule has 0 bridgehead atoms. The standard InChI is InChI=1S/C24H21ClF3N7O3S/c1-11-16(8-30-24(32-11)39(4,37)38)13(3)35-10-14(7-31-35)33-23(36)21-12(2)29-9-18(34-21)19-15(22(27)28)5-6-17(25)20(19)26/h5-10,13,22H,1-4H3,(H,33,36). The number of hydrogen-bond acceptors (Lipinski definition) is 8. The van der Waals surface area contributed by atoms with Gasteiger partial charge < -0.3 is 5.32 Å². The van der Waals surface area contributed by atoms with Crippen molar-refractivity contribution in [3.63, 3.8) is 0 Å². The summed E-state index contributed by atoms with van der Waals surface area (Å²) in [5.41, 5.74) is -0.175. The van der Waals surface area contributed by atoms with E-state index >= 15 is 0 Å². The van der Waals surface area contributed by atoms with Gasteiger partial charge in [0, 0.05) is 41.0 Å². The summed E-state index contributed by atoms with van der Waals surface area (Å²) >= 11 is 5.80. The number of sulfone groups is 1. The highest BCUT2D eigenvalue weighted by molar-refractivity contribution is 7.90. The fourth-order valence-corrected chi connectivity index (χ4v) is 4.49. The zero-order chi connectivity index (χ0) is 28.6.